The van der Waals surface area contributed by atoms with Gasteiger partial charge in [0, 0.05) is 6.54 Å². The lowest BCUT2D eigenvalue weighted by Gasteiger charge is -2.46. The number of unbranched alkanes of at least 4 members (excludes halogenated alkanes) is 1. The van der Waals surface area contributed by atoms with Crippen LogP contribution in [0.2, 0.25) is 0 Å². The summed E-state index contributed by atoms with van der Waals surface area (Å²) in [5, 5.41) is 0. The van der Waals surface area contributed by atoms with Gasteiger partial charge in [-0.25, -0.2) is 0 Å². The van der Waals surface area contributed by atoms with Crippen LogP contribution in [0.4, 0.5) is 0 Å². The van der Waals surface area contributed by atoms with Crippen molar-refractivity contribution in [3.05, 3.63) is 48.0 Å². The number of hydrogen-bond acceptors (Lipinski definition) is 3. The minimum Gasteiger partial charge on any atom is -0.465 e. The fraction of sp³-hybridized carbons (Fsp3) is 0.444. The van der Waals surface area contributed by atoms with Crippen LogP contribution < -0.4 is 0 Å². The molecule has 0 bridgehead atoms. The second-order valence-electron chi connectivity index (χ2n) is 5.74. The topological polar surface area (TPSA) is 46.6 Å². The van der Waals surface area contributed by atoms with Crippen LogP contribution >= 0.6 is 0 Å². The van der Waals surface area contributed by atoms with Crippen molar-refractivity contribution in [2.24, 2.45) is 5.92 Å². The molecule has 1 aromatic rings. The van der Waals surface area contributed by atoms with Crippen molar-refractivity contribution in [1.82, 2.24) is 4.90 Å². The highest BCUT2D eigenvalue weighted by molar-refractivity contribution is 6.04. The molecule has 1 aliphatic heterocycles. The lowest BCUT2D eigenvalue weighted by Crippen LogP contribution is -2.63. The first-order chi connectivity index (χ1) is 10.6. The first kappa shape index (κ1) is 16.3. The number of ether oxygens (including phenoxy) is 1. The number of carbonyl (C=O) groups is 2. The summed E-state index contributed by atoms with van der Waals surface area (Å²) in [5.41, 5.74) is 1.85. The van der Waals surface area contributed by atoms with Gasteiger partial charge in [-0.15, -0.1) is 0 Å². The molecule has 4 nitrogen and oxygen atoms in total. The van der Waals surface area contributed by atoms with Gasteiger partial charge in [0.15, 0.2) is 5.92 Å². The number of rotatable bonds is 7. The molecule has 118 valence electrons. The molecule has 2 rings (SSSR count). The number of β-lactam (4-membered cyclic amide) rings is 1. The molecule has 1 saturated heterocycles. The fourth-order valence-electron chi connectivity index (χ4n) is 2.69. The maximum absolute atomic E-state index is 12.3. The van der Waals surface area contributed by atoms with E-state index in [0.717, 1.165) is 24.0 Å². The smallest absolute Gasteiger partial charge is 0.320 e. The minimum atomic E-state index is -0.724. The Bertz CT molecular complexity index is 553. The Morgan fingerprint density at radius 3 is 2.59 bits per heavy atom. The van der Waals surface area contributed by atoms with E-state index in [4.69, 9.17) is 4.74 Å². The average Bonchev–Trinajstić information content (AvgIpc) is 2.50. The highest BCUT2D eigenvalue weighted by Crippen LogP contribution is 2.33. The predicted octanol–water partition coefficient (Wildman–Crippen LogP) is 2.93. The Morgan fingerprint density at radius 1 is 1.32 bits per heavy atom. The third kappa shape index (κ3) is 3.38. The molecular weight excluding hydrogens is 278 g/mol. The molecule has 22 heavy (non-hydrogen) atoms. The Morgan fingerprint density at radius 2 is 2.00 bits per heavy atom. The quantitative estimate of drug-likeness (QED) is 0.256. The van der Waals surface area contributed by atoms with E-state index in [1.807, 2.05) is 44.2 Å². The maximum Gasteiger partial charge on any atom is 0.320 e. The van der Waals surface area contributed by atoms with Gasteiger partial charge in [-0.2, -0.15) is 0 Å². The lowest BCUT2D eigenvalue weighted by molar-refractivity contribution is -0.171. The molecule has 0 spiro atoms. The van der Waals surface area contributed by atoms with Crippen LogP contribution in [0.15, 0.2) is 42.5 Å². The molecule has 0 unspecified atom stereocenters. The van der Waals surface area contributed by atoms with Crippen molar-refractivity contribution in [2.75, 3.05) is 6.61 Å². The summed E-state index contributed by atoms with van der Waals surface area (Å²) in [6, 6.07) is 9.48. The van der Waals surface area contributed by atoms with Crippen molar-refractivity contribution < 1.29 is 14.3 Å². The molecule has 1 amide bonds. The molecule has 0 saturated carbocycles. The lowest BCUT2D eigenvalue weighted by atomic mass is 9.82. The Balaban J connectivity index is 2.03. The number of amides is 1. The van der Waals surface area contributed by atoms with E-state index >= 15 is 0 Å². The van der Waals surface area contributed by atoms with Gasteiger partial charge in [-0.05, 0) is 18.9 Å². The van der Waals surface area contributed by atoms with Crippen LogP contribution in [0, 0.1) is 5.92 Å². The van der Waals surface area contributed by atoms with Gasteiger partial charge in [0.1, 0.15) is 0 Å². The second-order valence-corrected chi connectivity index (χ2v) is 5.74. The van der Waals surface area contributed by atoms with Crippen molar-refractivity contribution in [2.45, 2.75) is 39.3 Å². The summed E-state index contributed by atoms with van der Waals surface area (Å²) in [7, 11) is 0. The summed E-state index contributed by atoms with van der Waals surface area (Å²) in [6.07, 6.45) is 1.77. The van der Waals surface area contributed by atoms with Gasteiger partial charge in [0.25, 0.3) is 0 Å². The van der Waals surface area contributed by atoms with Crippen LogP contribution in [0.3, 0.4) is 0 Å². The highest BCUT2D eigenvalue weighted by Gasteiger charge is 2.52. The van der Waals surface area contributed by atoms with Crippen molar-refractivity contribution in [3.63, 3.8) is 0 Å². The molecule has 0 aromatic heterocycles. The number of hydrogen-bond donors (Lipinski definition) is 0. The first-order valence-electron chi connectivity index (χ1n) is 7.72. The summed E-state index contributed by atoms with van der Waals surface area (Å²) in [6.45, 7) is 8.68. The molecule has 1 aromatic carbocycles. The highest BCUT2D eigenvalue weighted by atomic mass is 16.5. The Kier molecular flexibility index (Phi) is 5.36. The van der Waals surface area contributed by atoms with E-state index in [1.165, 1.54) is 0 Å². The molecular formula is C18H23NO3. The van der Waals surface area contributed by atoms with Gasteiger partial charge < -0.3 is 9.64 Å². The number of carbonyl (C=O) groups excluding carboxylic acids is 2. The third-order valence-corrected chi connectivity index (χ3v) is 3.90. The summed E-state index contributed by atoms with van der Waals surface area (Å²) in [5.74, 6) is -1.31. The number of likely N-dealkylation sites (tertiary alicyclic amines) is 1. The van der Waals surface area contributed by atoms with E-state index in [2.05, 4.69) is 6.58 Å². The normalized spacial score (nSPS) is 20.5. The van der Waals surface area contributed by atoms with Crippen molar-refractivity contribution in [3.8, 4) is 0 Å². The van der Waals surface area contributed by atoms with Gasteiger partial charge >= 0.3 is 5.97 Å². The zero-order valence-corrected chi connectivity index (χ0v) is 13.2. The fourth-order valence-corrected chi connectivity index (χ4v) is 2.69. The largest absolute Gasteiger partial charge is 0.465 e. The molecule has 4 heteroatoms. The zero-order valence-electron chi connectivity index (χ0n) is 13.2. The first-order valence-corrected chi connectivity index (χ1v) is 7.72. The van der Waals surface area contributed by atoms with E-state index < -0.39 is 11.9 Å². The average molecular weight is 301 g/mol. The molecule has 1 fully saturated rings. The number of esters is 1. The monoisotopic (exact) mass is 301 g/mol. The number of nitrogens with zero attached hydrogens (tertiary/aromatic N) is 1. The summed E-state index contributed by atoms with van der Waals surface area (Å²) >= 11 is 0. The van der Waals surface area contributed by atoms with Gasteiger partial charge in [0.2, 0.25) is 5.91 Å². The van der Waals surface area contributed by atoms with E-state index in [-0.39, 0.29) is 11.9 Å². The Hall–Kier alpha value is -2.10. The van der Waals surface area contributed by atoms with Crippen molar-refractivity contribution >= 4 is 11.9 Å². The molecule has 0 aliphatic carbocycles. The molecule has 1 aliphatic rings. The maximum atomic E-state index is 12.3. The van der Waals surface area contributed by atoms with Crippen molar-refractivity contribution in [1.29, 1.82) is 0 Å². The SMILES string of the molecule is C=C(C)[C@H]1[C@H](C(=O)OCCCC)C(=O)N1Cc1ccccc1. The standard InChI is InChI=1S/C18H23NO3/c1-4-5-11-22-18(21)15-16(13(2)3)19(17(15)20)12-14-9-7-6-8-10-14/h6-10,15-16H,2,4-5,11-12H2,1,3H3/t15-,16-/m0/s1. The second kappa shape index (κ2) is 7.25. The van der Waals surface area contributed by atoms with E-state index in [0.29, 0.717) is 13.2 Å². The van der Waals surface area contributed by atoms with Crippen LogP contribution in [0.25, 0.3) is 0 Å². The summed E-state index contributed by atoms with van der Waals surface area (Å²) < 4.78 is 5.21. The van der Waals surface area contributed by atoms with E-state index in [9.17, 15) is 9.59 Å². The minimum absolute atomic E-state index is 0.168. The third-order valence-electron chi connectivity index (χ3n) is 3.90. The van der Waals surface area contributed by atoms with Gasteiger partial charge in [-0.1, -0.05) is 55.8 Å². The molecule has 1 heterocycles. The van der Waals surface area contributed by atoms with Crippen LogP contribution in [-0.4, -0.2) is 29.4 Å². The summed E-state index contributed by atoms with van der Waals surface area (Å²) in [4.78, 5) is 26.1. The van der Waals surface area contributed by atoms with Gasteiger partial charge in [-0.3, -0.25) is 9.59 Å². The van der Waals surface area contributed by atoms with Crippen LogP contribution in [-0.2, 0) is 20.9 Å². The van der Waals surface area contributed by atoms with Crippen LogP contribution in [0.1, 0.15) is 32.3 Å². The van der Waals surface area contributed by atoms with Gasteiger partial charge in [0.05, 0.1) is 12.6 Å². The van der Waals surface area contributed by atoms with E-state index in [1.54, 1.807) is 4.90 Å². The molecule has 0 N–H and O–H groups in total. The molecule has 0 radical (unpaired) electrons. The predicted molar refractivity (Wildman–Crippen MR) is 85.0 cm³/mol. The zero-order chi connectivity index (χ0) is 16.1. The Labute approximate surface area is 131 Å². The number of benzene rings is 1. The van der Waals surface area contributed by atoms with Crippen LogP contribution in [0.5, 0.6) is 0 Å². The molecule has 2 atom stereocenters.